The molecule has 1 heterocycles. The van der Waals surface area contributed by atoms with Gasteiger partial charge in [-0.15, -0.1) is 0 Å². The molecule has 0 atom stereocenters. The fraction of sp³-hybridized carbons (Fsp3) is 0. The van der Waals surface area contributed by atoms with Crippen molar-refractivity contribution in [2.75, 3.05) is 0 Å². The summed E-state index contributed by atoms with van der Waals surface area (Å²) in [6.07, 6.45) is 1.94. The molecule has 1 N–H and O–H groups in total. The van der Waals surface area contributed by atoms with E-state index in [-0.39, 0.29) is 16.6 Å². The summed E-state index contributed by atoms with van der Waals surface area (Å²) in [7, 11) is 0. The number of halogens is 3. The number of aliphatic carboxylic acids is 1. The van der Waals surface area contributed by atoms with E-state index in [9.17, 15) is 18.0 Å². The van der Waals surface area contributed by atoms with Gasteiger partial charge in [-0.25, -0.2) is 22.9 Å². The Balaban J connectivity index is 2.61. The minimum atomic E-state index is -1.60. The predicted molar refractivity (Wildman–Crippen MR) is 58.3 cm³/mol. The van der Waals surface area contributed by atoms with Crippen LogP contribution in [0.1, 0.15) is 5.69 Å². The van der Waals surface area contributed by atoms with Gasteiger partial charge in [0.25, 0.3) is 0 Å². The van der Waals surface area contributed by atoms with E-state index >= 15 is 0 Å². The highest BCUT2D eigenvalue weighted by Gasteiger charge is 2.14. The molecule has 0 saturated heterocycles. The maximum absolute atomic E-state index is 13.4. The van der Waals surface area contributed by atoms with Crippen molar-refractivity contribution in [1.29, 1.82) is 0 Å². The number of carboxylic acids is 1. The van der Waals surface area contributed by atoms with Gasteiger partial charge in [-0.1, -0.05) is 6.07 Å². The van der Waals surface area contributed by atoms with Crippen LogP contribution >= 0.6 is 0 Å². The molecule has 0 bridgehead atoms. The third kappa shape index (κ3) is 2.17. The normalized spacial score (nSPS) is 11.3. The van der Waals surface area contributed by atoms with Crippen molar-refractivity contribution >= 4 is 22.9 Å². The number of benzene rings is 1. The van der Waals surface area contributed by atoms with Gasteiger partial charge in [-0.05, 0) is 18.2 Å². The van der Waals surface area contributed by atoms with Gasteiger partial charge in [-0.2, -0.15) is 0 Å². The van der Waals surface area contributed by atoms with Crippen molar-refractivity contribution in [1.82, 2.24) is 4.98 Å². The van der Waals surface area contributed by atoms with Gasteiger partial charge in [0, 0.05) is 11.5 Å². The molecule has 18 heavy (non-hydrogen) atoms. The van der Waals surface area contributed by atoms with E-state index in [1.807, 2.05) is 0 Å². The van der Waals surface area contributed by atoms with Crippen LogP contribution in [0.4, 0.5) is 13.2 Å². The number of carboxylic acid groups (broad SMARTS) is 1. The molecule has 3 nitrogen and oxygen atoms in total. The Kier molecular flexibility index (Phi) is 3.01. The molecule has 0 aliphatic heterocycles. The summed E-state index contributed by atoms with van der Waals surface area (Å²) in [6, 6.07) is 3.53. The number of carbonyl (C=O) groups is 1. The molecule has 2 aromatic rings. The average Bonchev–Trinajstić information content (AvgIpc) is 2.34. The fourth-order valence-electron chi connectivity index (χ4n) is 1.44. The lowest BCUT2D eigenvalue weighted by Crippen LogP contribution is -1.95. The zero-order chi connectivity index (χ0) is 13.3. The number of pyridine rings is 1. The summed E-state index contributed by atoms with van der Waals surface area (Å²) in [4.78, 5) is 14.0. The SMILES string of the molecule is O=C(O)/C=C/c1ccc2cc(F)c(F)c(F)c2n1. The van der Waals surface area contributed by atoms with Crippen LogP contribution < -0.4 is 0 Å². The number of nitrogens with zero attached hydrogens (tertiary/aromatic N) is 1. The highest BCUT2D eigenvalue weighted by atomic mass is 19.2. The number of aromatic nitrogens is 1. The van der Waals surface area contributed by atoms with E-state index in [0.29, 0.717) is 0 Å². The second-order valence-corrected chi connectivity index (χ2v) is 3.47. The molecule has 0 aliphatic carbocycles. The number of hydrogen-bond acceptors (Lipinski definition) is 2. The standard InChI is InChI=1S/C12H6F3NO2/c13-8-5-6-1-2-7(3-4-9(17)18)16-12(6)11(15)10(8)14/h1-5H,(H,17,18)/b4-3+. The molecular formula is C12H6F3NO2. The Morgan fingerprint density at radius 1 is 1.22 bits per heavy atom. The monoisotopic (exact) mass is 253 g/mol. The lowest BCUT2D eigenvalue weighted by molar-refractivity contribution is -0.131. The van der Waals surface area contributed by atoms with Gasteiger partial charge in [0.05, 0.1) is 5.69 Å². The maximum atomic E-state index is 13.4. The second kappa shape index (κ2) is 4.48. The van der Waals surface area contributed by atoms with E-state index < -0.39 is 23.4 Å². The zero-order valence-corrected chi connectivity index (χ0v) is 8.82. The Bertz CT molecular complexity index is 668. The van der Waals surface area contributed by atoms with Crippen molar-refractivity contribution in [3.8, 4) is 0 Å². The van der Waals surface area contributed by atoms with Crippen LogP contribution in [0, 0.1) is 17.5 Å². The van der Waals surface area contributed by atoms with Crippen molar-refractivity contribution in [2.24, 2.45) is 0 Å². The van der Waals surface area contributed by atoms with Gasteiger partial charge < -0.3 is 5.11 Å². The first kappa shape index (κ1) is 12.1. The molecule has 0 radical (unpaired) electrons. The molecule has 0 spiro atoms. The molecule has 0 aliphatic rings. The Labute approximate surface area is 99.2 Å². The molecule has 1 aromatic carbocycles. The molecule has 0 unspecified atom stereocenters. The smallest absolute Gasteiger partial charge is 0.328 e. The highest BCUT2D eigenvalue weighted by molar-refractivity contribution is 5.86. The molecular weight excluding hydrogens is 247 g/mol. The fourth-order valence-corrected chi connectivity index (χ4v) is 1.44. The lowest BCUT2D eigenvalue weighted by atomic mass is 10.1. The van der Waals surface area contributed by atoms with Crippen LogP contribution in [0.3, 0.4) is 0 Å². The Morgan fingerprint density at radius 3 is 2.61 bits per heavy atom. The Hall–Kier alpha value is -2.37. The van der Waals surface area contributed by atoms with Crippen molar-refractivity contribution in [3.63, 3.8) is 0 Å². The molecule has 6 heteroatoms. The van der Waals surface area contributed by atoms with E-state index in [2.05, 4.69) is 4.98 Å². The third-order valence-corrected chi connectivity index (χ3v) is 2.24. The molecule has 92 valence electrons. The lowest BCUT2D eigenvalue weighted by Gasteiger charge is -2.02. The van der Waals surface area contributed by atoms with E-state index in [1.54, 1.807) is 0 Å². The third-order valence-electron chi connectivity index (χ3n) is 2.24. The largest absolute Gasteiger partial charge is 0.478 e. The van der Waals surface area contributed by atoms with E-state index in [1.165, 1.54) is 12.1 Å². The summed E-state index contributed by atoms with van der Waals surface area (Å²) >= 11 is 0. The van der Waals surface area contributed by atoms with Crippen molar-refractivity contribution in [3.05, 3.63) is 47.4 Å². The molecule has 0 amide bonds. The molecule has 0 saturated carbocycles. The summed E-state index contributed by atoms with van der Waals surface area (Å²) in [5.74, 6) is -5.48. The predicted octanol–water partition coefficient (Wildman–Crippen LogP) is 2.75. The first-order chi connectivity index (χ1) is 8.49. The molecule has 2 rings (SSSR count). The van der Waals surface area contributed by atoms with Gasteiger partial charge >= 0.3 is 5.97 Å². The summed E-state index contributed by atoms with van der Waals surface area (Å²) < 4.78 is 39.4. The highest BCUT2D eigenvalue weighted by Crippen LogP contribution is 2.22. The van der Waals surface area contributed by atoms with Gasteiger partial charge in [0.15, 0.2) is 17.5 Å². The minimum absolute atomic E-state index is 0.0962. The van der Waals surface area contributed by atoms with Gasteiger partial charge in [0.2, 0.25) is 0 Å². The van der Waals surface area contributed by atoms with Crippen LogP contribution in [0.2, 0.25) is 0 Å². The maximum Gasteiger partial charge on any atom is 0.328 e. The number of hydrogen-bond donors (Lipinski definition) is 1. The summed E-state index contributed by atoms with van der Waals surface area (Å²) in [5, 5.41) is 8.52. The molecule has 0 fully saturated rings. The first-order valence-electron chi connectivity index (χ1n) is 4.84. The van der Waals surface area contributed by atoms with E-state index in [4.69, 9.17) is 5.11 Å². The van der Waals surface area contributed by atoms with Crippen LogP contribution in [0.15, 0.2) is 24.3 Å². The summed E-state index contributed by atoms with van der Waals surface area (Å²) in [6.45, 7) is 0. The minimum Gasteiger partial charge on any atom is -0.478 e. The van der Waals surface area contributed by atoms with Crippen LogP contribution in [0.5, 0.6) is 0 Å². The zero-order valence-electron chi connectivity index (χ0n) is 8.82. The Morgan fingerprint density at radius 2 is 1.94 bits per heavy atom. The van der Waals surface area contributed by atoms with Crippen molar-refractivity contribution in [2.45, 2.75) is 0 Å². The van der Waals surface area contributed by atoms with Gasteiger partial charge in [0.1, 0.15) is 5.52 Å². The first-order valence-corrected chi connectivity index (χ1v) is 4.84. The van der Waals surface area contributed by atoms with Crippen molar-refractivity contribution < 1.29 is 23.1 Å². The second-order valence-electron chi connectivity index (χ2n) is 3.47. The van der Waals surface area contributed by atoms with Gasteiger partial charge in [-0.3, -0.25) is 0 Å². The number of rotatable bonds is 2. The molecule has 1 aromatic heterocycles. The summed E-state index contributed by atoms with van der Waals surface area (Å²) in [5.41, 5.74) is -0.212. The topological polar surface area (TPSA) is 50.2 Å². The van der Waals surface area contributed by atoms with Crippen LogP contribution in [-0.2, 0) is 4.79 Å². The number of fused-ring (bicyclic) bond motifs is 1. The van der Waals surface area contributed by atoms with Crippen LogP contribution in [-0.4, -0.2) is 16.1 Å². The quantitative estimate of drug-likeness (QED) is 0.661. The van der Waals surface area contributed by atoms with Crippen LogP contribution in [0.25, 0.3) is 17.0 Å². The average molecular weight is 253 g/mol. The van der Waals surface area contributed by atoms with E-state index in [0.717, 1.165) is 18.2 Å².